The average molecular weight is 247 g/mol. The van der Waals surface area contributed by atoms with Gasteiger partial charge in [-0.05, 0) is 34.4 Å². The zero-order valence-corrected chi connectivity index (χ0v) is 12.2. The second kappa shape index (κ2) is 5.55. The van der Waals surface area contributed by atoms with E-state index in [9.17, 15) is 9.90 Å². The summed E-state index contributed by atoms with van der Waals surface area (Å²) in [6, 6.07) is 4.04. The van der Waals surface area contributed by atoms with Gasteiger partial charge in [0.05, 0.1) is 5.56 Å². The first kappa shape index (κ1) is 14.7. The molecule has 0 saturated carbocycles. The van der Waals surface area contributed by atoms with Crippen molar-refractivity contribution in [3.8, 4) is 0 Å². The molecule has 1 rings (SSSR count). The fraction of sp³-hybridized carbons (Fsp3) is 0.562. The lowest BCUT2D eigenvalue weighted by Gasteiger charge is -2.19. The number of carbonyl (C=O) groups is 1. The van der Waals surface area contributed by atoms with Crippen molar-refractivity contribution in [2.75, 3.05) is 0 Å². The Morgan fingerprint density at radius 1 is 0.833 bits per heavy atom. The smallest absolute Gasteiger partial charge is 0.241 e. The summed E-state index contributed by atoms with van der Waals surface area (Å²) >= 11 is 0. The Balaban J connectivity index is 3.60. The molecule has 1 aromatic carbocycles. The predicted molar refractivity (Wildman–Crippen MR) is 73.7 cm³/mol. The molecule has 0 saturated heterocycles. The van der Waals surface area contributed by atoms with E-state index in [1.807, 2.05) is 39.8 Å². The highest BCUT2D eigenvalue weighted by molar-refractivity contribution is 5.91. The second-order valence-corrected chi connectivity index (χ2v) is 5.83. The molecule has 0 spiro atoms. The minimum absolute atomic E-state index is 0.189. The van der Waals surface area contributed by atoms with Crippen LogP contribution in [-0.4, -0.2) is 5.97 Å². The van der Waals surface area contributed by atoms with Gasteiger partial charge in [-0.25, -0.2) is 9.90 Å². The maximum absolute atomic E-state index is 11.4. The minimum atomic E-state index is -1.06. The van der Waals surface area contributed by atoms with Gasteiger partial charge in [0.2, 0.25) is 0 Å². The number of rotatable bonds is 4. The van der Waals surface area contributed by atoms with Crippen molar-refractivity contribution in [1.82, 2.24) is 0 Å². The van der Waals surface area contributed by atoms with Crippen molar-refractivity contribution in [2.45, 2.75) is 59.3 Å². The van der Waals surface area contributed by atoms with Gasteiger partial charge in [0.25, 0.3) is 0 Å². The van der Waals surface area contributed by atoms with Gasteiger partial charge in [0.1, 0.15) is 0 Å². The largest absolute Gasteiger partial charge is 0.386 e. The summed E-state index contributed by atoms with van der Waals surface area (Å²) in [5.74, 6) is -0.281. The molecule has 0 amide bonds. The van der Waals surface area contributed by atoms with E-state index in [1.54, 1.807) is 0 Å². The second-order valence-electron chi connectivity index (χ2n) is 5.83. The van der Waals surface area contributed by atoms with Crippen LogP contribution in [0.3, 0.4) is 0 Å². The Morgan fingerprint density at radius 2 is 1.22 bits per heavy atom. The normalized spacial score (nSPS) is 11.6. The maximum Gasteiger partial charge on any atom is 0.386 e. The average Bonchev–Trinajstić information content (AvgIpc) is 2.26. The number of hydrogen-bond acceptors (Lipinski definition) is 1. The summed E-state index contributed by atoms with van der Waals surface area (Å²) in [5, 5.41) is 11.4. The Labute approximate surface area is 110 Å². The van der Waals surface area contributed by atoms with E-state index in [4.69, 9.17) is 0 Å². The SMILES string of the molecule is CC(C)c1cc(C(C)C)c(C([O])=O)c(C(C)C)c1. The fourth-order valence-electron chi connectivity index (χ4n) is 2.19. The molecule has 0 fully saturated rings. The Hall–Kier alpha value is -1.31. The summed E-state index contributed by atoms with van der Waals surface area (Å²) < 4.78 is 0. The van der Waals surface area contributed by atoms with Crippen LogP contribution in [0.25, 0.3) is 0 Å². The zero-order chi connectivity index (χ0) is 14.0. The molecule has 2 heteroatoms. The molecular weight excluding hydrogens is 224 g/mol. The summed E-state index contributed by atoms with van der Waals surface area (Å²) in [4.78, 5) is 11.4. The van der Waals surface area contributed by atoms with E-state index < -0.39 is 5.97 Å². The van der Waals surface area contributed by atoms with Crippen molar-refractivity contribution in [2.24, 2.45) is 0 Å². The van der Waals surface area contributed by atoms with Gasteiger partial charge in [-0.2, -0.15) is 0 Å². The first-order valence-corrected chi connectivity index (χ1v) is 6.64. The van der Waals surface area contributed by atoms with Crippen molar-refractivity contribution >= 4 is 5.97 Å². The monoisotopic (exact) mass is 247 g/mol. The van der Waals surface area contributed by atoms with E-state index in [1.165, 1.54) is 5.56 Å². The molecule has 18 heavy (non-hydrogen) atoms. The van der Waals surface area contributed by atoms with Gasteiger partial charge in [-0.1, -0.05) is 53.7 Å². The zero-order valence-electron chi connectivity index (χ0n) is 12.2. The van der Waals surface area contributed by atoms with Crippen LogP contribution in [0.1, 0.15) is 86.3 Å². The molecule has 2 nitrogen and oxygen atoms in total. The summed E-state index contributed by atoms with van der Waals surface area (Å²) in [5.41, 5.74) is 3.38. The number of hydrogen-bond donors (Lipinski definition) is 0. The lowest BCUT2D eigenvalue weighted by atomic mass is 9.84. The molecule has 0 N–H and O–H groups in total. The van der Waals surface area contributed by atoms with Gasteiger partial charge in [0, 0.05) is 0 Å². The van der Waals surface area contributed by atoms with Gasteiger partial charge >= 0.3 is 5.97 Å². The number of carbonyl (C=O) groups excluding carboxylic acids is 1. The lowest BCUT2D eigenvalue weighted by Crippen LogP contribution is -2.10. The highest BCUT2D eigenvalue weighted by Crippen LogP contribution is 2.32. The summed E-state index contributed by atoms with van der Waals surface area (Å²) in [6.07, 6.45) is 0. The van der Waals surface area contributed by atoms with E-state index in [0.717, 1.165) is 11.1 Å². The van der Waals surface area contributed by atoms with Gasteiger partial charge in [0.15, 0.2) is 0 Å². The highest BCUT2D eigenvalue weighted by Gasteiger charge is 2.22. The molecule has 0 unspecified atom stereocenters. The van der Waals surface area contributed by atoms with Crippen LogP contribution in [0.4, 0.5) is 0 Å². The molecule has 0 aliphatic heterocycles. The van der Waals surface area contributed by atoms with E-state index >= 15 is 0 Å². The van der Waals surface area contributed by atoms with Gasteiger partial charge in [-0.15, -0.1) is 0 Å². The van der Waals surface area contributed by atoms with E-state index in [2.05, 4.69) is 13.8 Å². The first-order valence-electron chi connectivity index (χ1n) is 6.64. The number of benzene rings is 1. The Kier molecular flexibility index (Phi) is 4.55. The lowest BCUT2D eigenvalue weighted by molar-refractivity contribution is 0.0569. The standard InChI is InChI=1S/C16H23O2/c1-9(2)12-7-13(10(3)4)15(16(17)18)14(8-12)11(5)6/h7-11H,1-6H3. The van der Waals surface area contributed by atoms with Crippen LogP contribution in [0.15, 0.2) is 12.1 Å². The fourth-order valence-corrected chi connectivity index (χ4v) is 2.19. The maximum atomic E-state index is 11.4. The topological polar surface area (TPSA) is 37.0 Å². The molecule has 1 radical (unpaired) electrons. The van der Waals surface area contributed by atoms with Crippen LogP contribution in [0.5, 0.6) is 0 Å². The van der Waals surface area contributed by atoms with Crippen LogP contribution in [0.2, 0.25) is 0 Å². The minimum Gasteiger partial charge on any atom is -0.241 e. The summed E-state index contributed by atoms with van der Waals surface area (Å²) in [7, 11) is 0. The third-order valence-corrected chi connectivity index (χ3v) is 3.34. The van der Waals surface area contributed by atoms with Crippen molar-refractivity contribution in [3.05, 3.63) is 34.4 Å². The molecule has 0 aliphatic carbocycles. The van der Waals surface area contributed by atoms with Crippen molar-refractivity contribution < 1.29 is 9.90 Å². The van der Waals surface area contributed by atoms with Crippen molar-refractivity contribution in [3.63, 3.8) is 0 Å². The summed E-state index contributed by atoms with van der Waals surface area (Å²) in [6.45, 7) is 12.3. The molecule has 1 aromatic rings. The van der Waals surface area contributed by atoms with Crippen LogP contribution < -0.4 is 0 Å². The highest BCUT2D eigenvalue weighted by atomic mass is 16.4. The molecule has 0 heterocycles. The van der Waals surface area contributed by atoms with Crippen LogP contribution >= 0.6 is 0 Å². The molecule has 0 aromatic heterocycles. The predicted octanol–water partition coefficient (Wildman–Crippen LogP) is 4.63. The van der Waals surface area contributed by atoms with Gasteiger partial charge < -0.3 is 0 Å². The Morgan fingerprint density at radius 3 is 1.44 bits per heavy atom. The van der Waals surface area contributed by atoms with Crippen LogP contribution in [0, 0.1) is 0 Å². The van der Waals surface area contributed by atoms with Crippen LogP contribution in [-0.2, 0) is 5.11 Å². The molecule has 99 valence electrons. The molecule has 0 aliphatic rings. The quantitative estimate of drug-likeness (QED) is 0.764. The first-order chi connectivity index (χ1) is 8.25. The third-order valence-electron chi connectivity index (χ3n) is 3.34. The van der Waals surface area contributed by atoms with Gasteiger partial charge in [-0.3, -0.25) is 0 Å². The van der Waals surface area contributed by atoms with Crippen molar-refractivity contribution in [1.29, 1.82) is 0 Å². The van der Waals surface area contributed by atoms with E-state index in [-0.39, 0.29) is 11.8 Å². The molecule has 0 atom stereocenters. The molecule has 0 bridgehead atoms. The van der Waals surface area contributed by atoms with E-state index in [0.29, 0.717) is 11.5 Å². The Bertz CT molecular complexity index is 413. The third kappa shape index (κ3) is 2.92. The molecular formula is C16H23O2.